The van der Waals surface area contributed by atoms with Crippen molar-refractivity contribution >= 4 is 5.84 Å². The first kappa shape index (κ1) is 13.9. The first-order chi connectivity index (χ1) is 8.64. The Labute approximate surface area is 113 Å². The van der Waals surface area contributed by atoms with Crippen LogP contribution in [0.5, 0.6) is 0 Å². The Morgan fingerprint density at radius 1 is 1.37 bits per heavy atom. The van der Waals surface area contributed by atoms with Gasteiger partial charge < -0.3 is 5.21 Å². The molecule has 1 aromatic rings. The summed E-state index contributed by atoms with van der Waals surface area (Å²) < 4.78 is 2.56. The molecule has 2 rings (SSSR count). The lowest BCUT2D eigenvalue weighted by atomic mass is 9.84. The molecule has 0 unspecified atom stereocenters. The van der Waals surface area contributed by atoms with Crippen LogP contribution in [-0.4, -0.2) is 36.5 Å². The average molecular weight is 265 g/mol. The summed E-state index contributed by atoms with van der Waals surface area (Å²) in [5.74, 6) is 0.159. The van der Waals surface area contributed by atoms with Crippen LogP contribution in [-0.2, 0) is 11.8 Å². The first-order valence-corrected chi connectivity index (χ1v) is 6.50. The molecule has 1 aliphatic heterocycles. The van der Waals surface area contributed by atoms with Crippen LogP contribution in [0.4, 0.5) is 0 Å². The highest BCUT2D eigenvalue weighted by Crippen LogP contribution is 2.37. The maximum absolute atomic E-state index is 12.5. The van der Waals surface area contributed by atoms with Gasteiger partial charge in [0.15, 0.2) is 5.54 Å². The summed E-state index contributed by atoms with van der Waals surface area (Å²) >= 11 is 0. The molecule has 0 saturated heterocycles. The molecule has 19 heavy (non-hydrogen) atoms. The van der Waals surface area contributed by atoms with Gasteiger partial charge in [-0.2, -0.15) is 5.10 Å². The van der Waals surface area contributed by atoms with Gasteiger partial charge in [0.25, 0.3) is 0 Å². The minimum Gasteiger partial charge on any atom is -0.714 e. The smallest absolute Gasteiger partial charge is 0.320 e. The van der Waals surface area contributed by atoms with Gasteiger partial charge in [-0.3, -0.25) is 9.42 Å². The van der Waals surface area contributed by atoms with Gasteiger partial charge in [0.2, 0.25) is 0 Å². The number of aryl methyl sites for hydroxylation is 2. The van der Waals surface area contributed by atoms with Crippen LogP contribution < -0.4 is 0 Å². The zero-order valence-corrected chi connectivity index (χ0v) is 12.4. The Kier molecular flexibility index (Phi) is 2.89. The zero-order chi connectivity index (χ0) is 14.6. The van der Waals surface area contributed by atoms with Crippen LogP contribution >= 0.6 is 0 Å². The monoisotopic (exact) mass is 265 g/mol. The van der Waals surface area contributed by atoms with Crippen molar-refractivity contribution in [2.75, 3.05) is 0 Å². The number of rotatable bonds is 2. The van der Waals surface area contributed by atoms with E-state index in [1.165, 1.54) is 0 Å². The largest absolute Gasteiger partial charge is 0.714 e. The second-order valence-electron chi connectivity index (χ2n) is 6.01. The molecule has 0 saturated carbocycles. The van der Waals surface area contributed by atoms with Gasteiger partial charge in [0, 0.05) is 17.9 Å². The van der Waals surface area contributed by atoms with Crippen molar-refractivity contribution in [3.05, 3.63) is 22.7 Å². The van der Waals surface area contributed by atoms with Crippen molar-refractivity contribution in [2.24, 2.45) is 0 Å². The van der Waals surface area contributed by atoms with Gasteiger partial charge >= 0.3 is 5.84 Å². The third-order valence-corrected chi connectivity index (χ3v) is 4.41. The van der Waals surface area contributed by atoms with Crippen molar-refractivity contribution in [1.29, 1.82) is 0 Å². The normalized spacial score (nSPS) is 21.3. The Bertz CT molecular complexity index is 543. The molecule has 6 heteroatoms. The highest BCUT2D eigenvalue weighted by molar-refractivity contribution is 5.96. The minimum absolute atomic E-state index is 0.159. The number of hydrogen-bond donors (Lipinski definition) is 0. The fourth-order valence-corrected chi connectivity index (χ4v) is 2.23. The molecule has 0 atom stereocenters. The lowest BCUT2D eigenvalue weighted by Gasteiger charge is -2.32. The van der Waals surface area contributed by atoms with Crippen LogP contribution in [0.2, 0.25) is 0 Å². The van der Waals surface area contributed by atoms with E-state index in [9.17, 15) is 10.4 Å². The Morgan fingerprint density at radius 3 is 2.32 bits per heavy atom. The van der Waals surface area contributed by atoms with Crippen LogP contribution in [0, 0.1) is 12.1 Å². The quantitative estimate of drug-likeness (QED) is 0.603. The number of aromatic nitrogens is 2. The Balaban J connectivity index is 2.61. The molecule has 0 spiro atoms. The molecule has 0 aromatic carbocycles. The van der Waals surface area contributed by atoms with E-state index in [1.54, 1.807) is 38.6 Å². The van der Waals surface area contributed by atoms with E-state index in [0.717, 1.165) is 9.80 Å². The standard InChI is InChI=1S/C13H21N4O2/c1-7-15-8-10(9(2)14-15)11-16(18)12(3,4)13(5,6)17(11)19/h8H,7H2,1-6H3. The number of hydroxylamine groups is 3. The van der Waals surface area contributed by atoms with Crippen molar-refractivity contribution < 1.29 is 9.95 Å². The Morgan fingerprint density at radius 2 is 1.95 bits per heavy atom. The van der Waals surface area contributed by atoms with Crippen LogP contribution in [0.15, 0.2) is 6.20 Å². The summed E-state index contributed by atoms with van der Waals surface area (Å²) in [7, 11) is 0. The number of hydrogen-bond acceptors (Lipinski definition) is 3. The van der Waals surface area contributed by atoms with E-state index in [1.807, 2.05) is 13.8 Å². The first-order valence-electron chi connectivity index (χ1n) is 6.50. The summed E-state index contributed by atoms with van der Waals surface area (Å²) in [5, 5.41) is 30.1. The molecule has 1 aromatic heterocycles. The second-order valence-corrected chi connectivity index (χ2v) is 6.01. The maximum Gasteiger partial charge on any atom is 0.320 e. The van der Waals surface area contributed by atoms with Gasteiger partial charge in [-0.25, -0.2) is 0 Å². The van der Waals surface area contributed by atoms with E-state index in [2.05, 4.69) is 5.10 Å². The van der Waals surface area contributed by atoms with Gasteiger partial charge in [-0.15, -0.1) is 0 Å². The van der Waals surface area contributed by atoms with E-state index in [0.29, 0.717) is 17.8 Å². The predicted octanol–water partition coefficient (Wildman–Crippen LogP) is 1.69. The number of nitrogens with zero attached hydrogens (tertiary/aromatic N) is 4. The van der Waals surface area contributed by atoms with Crippen LogP contribution in [0.3, 0.4) is 0 Å². The summed E-state index contributed by atoms with van der Waals surface area (Å²) in [6.07, 6.45) is 1.76. The Hall–Kier alpha value is -1.56. The third kappa shape index (κ3) is 1.66. The van der Waals surface area contributed by atoms with Crippen LogP contribution in [0.1, 0.15) is 45.9 Å². The van der Waals surface area contributed by atoms with Gasteiger partial charge in [-0.1, -0.05) is 5.06 Å². The average Bonchev–Trinajstić information content (AvgIpc) is 2.74. The molecule has 1 radical (unpaired) electrons. The zero-order valence-electron chi connectivity index (χ0n) is 12.4. The predicted molar refractivity (Wildman–Crippen MR) is 71.1 cm³/mol. The highest BCUT2D eigenvalue weighted by atomic mass is 16.5. The molecule has 105 valence electrons. The van der Waals surface area contributed by atoms with Gasteiger partial charge in [-0.05, 0) is 41.5 Å². The van der Waals surface area contributed by atoms with E-state index < -0.39 is 11.1 Å². The third-order valence-electron chi connectivity index (χ3n) is 4.41. The molecule has 0 aliphatic carbocycles. The lowest BCUT2D eigenvalue weighted by Crippen LogP contribution is -2.53. The van der Waals surface area contributed by atoms with Gasteiger partial charge in [0.1, 0.15) is 11.1 Å². The highest BCUT2D eigenvalue weighted by Gasteiger charge is 2.60. The van der Waals surface area contributed by atoms with Crippen molar-refractivity contribution in [3.8, 4) is 0 Å². The van der Waals surface area contributed by atoms with E-state index >= 15 is 0 Å². The fourth-order valence-electron chi connectivity index (χ4n) is 2.23. The molecule has 0 fully saturated rings. The molecular weight excluding hydrogens is 244 g/mol. The minimum atomic E-state index is -0.787. The van der Waals surface area contributed by atoms with Crippen LogP contribution in [0.25, 0.3) is 0 Å². The SMILES string of the molecule is CCn1cc(C2=[N+]([O-])C(C)(C)C(C)(C)N2[O])c(C)n1. The maximum atomic E-state index is 12.5. The van der Waals surface area contributed by atoms with Crippen molar-refractivity contribution in [3.63, 3.8) is 0 Å². The van der Waals surface area contributed by atoms with E-state index in [4.69, 9.17) is 0 Å². The second kappa shape index (κ2) is 3.96. The molecule has 6 nitrogen and oxygen atoms in total. The molecular formula is C13H21N4O2. The topological polar surface area (TPSA) is 67.0 Å². The molecule has 0 amide bonds. The van der Waals surface area contributed by atoms with Crippen molar-refractivity contribution in [2.45, 2.75) is 59.2 Å². The summed E-state index contributed by atoms with van der Waals surface area (Å²) in [6, 6.07) is 0. The fraction of sp³-hybridized carbons (Fsp3) is 0.692. The molecule has 0 N–H and O–H groups in total. The lowest BCUT2D eigenvalue weighted by molar-refractivity contribution is -0.539. The van der Waals surface area contributed by atoms with Gasteiger partial charge in [0.05, 0.1) is 5.69 Å². The molecule has 1 aliphatic rings. The summed E-state index contributed by atoms with van der Waals surface area (Å²) in [5.41, 5.74) is -0.257. The summed E-state index contributed by atoms with van der Waals surface area (Å²) in [4.78, 5) is 0. The van der Waals surface area contributed by atoms with Crippen molar-refractivity contribution in [1.82, 2.24) is 14.8 Å². The number of amidine groups is 1. The summed E-state index contributed by atoms with van der Waals surface area (Å²) in [6.45, 7) is 11.6. The molecule has 2 heterocycles. The van der Waals surface area contributed by atoms with E-state index in [-0.39, 0.29) is 5.84 Å². The molecule has 0 bridgehead atoms.